The lowest BCUT2D eigenvalue weighted by atomic mass is 10.2. The average molecular weight is 348 g/mol. The van der Waals surface area contributed by atoms with Gasteiger partial charge in [0.15, 0.2) is 11.5 Å². The maximum absolute atomic E-state index is 12.8. The number of amides is 1. The van der Waals surface area contributed by atoms with Gasteiger partial charge >= 0.3 is 0 Å². The summed E-state index contributed by atoms with van der Waals surface area (Å²) in [5.41, 5.74) is 1.73. The van der Waals surface area contributed by atoms with E-state index in [-0.39, 0.29) is 11.9 Å². The summed E-state index contributed by atoms with van der Waals surface area (Å²) in [6.07, 6.45) is 7.25. The van der Waals surface area contributed by atoms with Gasteiger partial charge in [-0.15, -0.1) is 10.2 Å². The summed E-state index contributed by atoms with van der Waals surface area (Å²) in [5, 5.41) is 8.54. The SMILES string of the molecule is COc1cccc(C=CC(=O)N2CCCC2c2nnc3ccccn23)c1. The first-order valence-electron chi connectivity index (χ1n) is 8.68. The number of methoxy groups -OCH3 is 1. The third-order valence-corrected chi connectivity index (χ3v) is 4.69. The van der Waals surface area contributed by atoms with Crippen molar-refractivity contribution in [3.63, 3.8) is 0 Å². The van der Waals surface area contributed by atoms with Gasteiger partial charge in [0, 0.05) is 18.8 Å². The zero-order valence-corrected chi connectivity index (χ0v) is 14.6. The highest BCUT2D eigenvalue weighted by Gasteiger charge is 2.32. The van der Waals surface area contributed by atoms with Gasteiger partial charge in [0.2, 0.25) is 5.91 Å². The Balaban J connectivity index is 1.56. The molecule has 6 nitrogen and oxygen atoms in total. The fourth-order valence-corrected chi connectivity index (χ4v) is 3.39. The Hall–Kier alpha value is -3.15. The van der Waals surface area contributed by atoms with E-state index in [1.165, 1.54) is 0 Å². The van der Waals surface area contributed by atoms with Crippen LogP contribution >= 0.6 is 0 Å². The third-order valence-electron chi connectivity index (χ3n) is 4.69. The van der Waals surface area contributed by atoms with Gasteiger partial charge in [-0.25, -0.2) is 0 Å². The molecule has 1 saturated heterocycles. The van der Waals surface area contributed by atoms with E-state index < -0.39 is 0 Å². The molecule has 2 aromatic heterocycles. The van der Waals surface area contributed by atoms with E-state index in [9.17, 15) is 4.79 Å². The molecule has 1 aliphatic heterocycles. The highest BCUT2D eigenvalue weighted by atomic mass is 16.5. The molecule has 6 heteroatoms. The molecular formula is C20H20N4O2. The average Bonchev–Trinajstić information content (AvgIpc) is 3.32. The van der Waals surface area contributed by atoms with Crippen LogP contribution < -0.4 is 4.74 Å². The van der Waals surface area contributed by atoms with Gasteiger partial charge in [0.05, 0.1) is 13.2 Å². The van der Waals surface area contributed by atoms with Crippen LogP contribution in [0.15, 0.2) is 54.7 Å². The highest BCUT2D eigenvalue weighted by Crippen LogP contribution is 2.31. The van der Waals surface area contributed by atoms with E-state index in [0.717, 1.165) is 42.2 Å². The molecule has 1 unspecified atom stereocenters. The Morgan fingerprint density at radius 2 is 2.15 bits per heavy atom. The maximum Gasteiger partial charge on any atom is 0.247 e. The van der Waals surface area contributed by atoms with E-state index in [4.69, 9.17) is 4.74 Å². The van der Waals surface area contributed by atoms with Gasteiger partial charge in [-0.05, 0) is 48.7 Å². The number of pyridine rings is 1. The molecule has 0 spiro atoms. The van der Waals surface area contributed by atoms with E-state index in [1.807, 2.05) is 64.0 Å². The Morgan fingerprint density at radius 1 is 1.23 bits per heavy atom. The van der Waals surface area contributed by atoms with Gasteiger partial charge in [-0.1, -0.05) is 18.2 Å². The number of hydrogen-bond acceptors (Lipinski definition) is 4. The molecule has 1 amide bonds. The van der Waals surface area contributed by atoms with Crippen LogP contribution in [0.1, 0.15) is 30.3 Å². The van der Waals surface area contributed by atoms with Crippen molar-refractivity contribution in [2.75, 3.05) is 13.7 Å². The highest BCUT2D eigenvalue weighted by molar-refractivity contribution is 5.92. The minimum absolute atomic E-state index is 0.0111. The molecule has 0 N–H and O–H groups in total. The van der Waals surface area contributed by atoms with Crippen molar-refractivity contribution in [2.24, 2.45) is 0 Å². The van der Waals surface area contributed by atoms with E-state index >= 15 is 0 Å². The van der Waals surface area contributed by atoms with Crippen LogP contribution in [0.5, 0.6) is 5.75 Å². The van der Waals surface area contributed by atoms with E-state index in [1.54, 1.807) is 13.2 Å². The molecule has 1 atom stereocenters. The number of rotatable bonds is 4. The molecule has 132 valence electrons. The largest absolute Gasteiger partial charge is 0.497 e. The predicted octanol–water partition coefficient (Wildman–Crippen LogP) is 3.11. The Labute approximate surface area is 151 Å². The van der Waals surface area contributed by atoms with Crippen molar-refractivity contribution in [2.45, 2.75) is 18.9 Å². The lowest BCUT2D eigenvalue weighted by Gasteiger charge is -2.22. The molecule has 26 heavy (non-hydrogen) atoms. The van der Waals surface area contributed by atoms with Crippen molar-refractivity contribution in [3.8, 4) is 5.75 Å². The lowest BCUT2D eigenvalue weighted by molar-refractivity contribution is -0.127. The van der Waals surface area contributed by atoms with Gasteiger partial charge in [0.25, 0.3) is 0 Å². The second-order valence-corrected chi connectivity index (χ2v) is 6.29. The summed E-state index contributed by atoms with van der Waals surface area (Å²) < 4.78 is 7.18. The van der Waals surface area contributed by atoms with Gasteiger partial charge in [0.1, 0.15) is 5.75 Å². The minimum atomic E-state index is -0.0464. The first-order valence-corrected chi connectivity index (χ1v) is 8.68. The van der Waals surface area contributed by atoms with Gasteiger partial charge in [-0.2, -0.15) is 0 Å². The summed E-state index contributed by atoms with van der Waals surface area (Å²) in [4.78, 5) is 14.6. The molecule has 3 heterocycles. The molecule has 0 bridgehead atoms. The molecule has 3 aromatic rings. The molecule has 0 radical (unpaired) electrons. The standard InChI is InChI=1S/C20H20N4O2/c1-26-16-7-4-6-15(14-16)10-11-19(25)23-13-5-8-17(23)20-22-21-18-9-2-3-12-24(18)20/h2-4,6-7,9-12,14,17H,5,8,13H2,1H3. The molecule has 4 rings (SSSR count). The smallest absolute Gasteiger partial charge is 0.247 e. The summed E-state index contributed by atoms with van der Waals surface area (Å²) in [6.45, 7) is 0.730. The second-order valence-electron chi connectivity index (χ2n) is 6.29. The van der Waals surface area contributed by atoms with Crippen LogP contribution in [0.3, 0.4) is 0 Å². The first kappa shape index (κ1) is 16.3. The predicted molar refractivity (Wildman–Crippen MR) is 98.7 cm³/mol. The second kappa shape index (κ2) is 7.00. The molecule has 1 aliphatic rings. The maximum atomic E-state index is 12.8. The normalized spacial score (nSPS) is 17.3. The lowest BCUT2D eigenvalue weighted by Crippen LogP contribution is -2.30. The van der Waals surface area contributed by atoms with Crippen LogP contribution in [-0.4, -0.2) is 39.1 Å². The first-order chi connectivity index (χ1) is 12.8. The number of nitrogens with zero attached hydrogens (tertiary/aromatic N) is 4. The number of benzene rings is 1. The zero-order chi connectivity index (χ0) is 17.9. The number of fused-ring (bicyclic) bond motifs is 1. The van der Waals surface area contributed by atoms with E-state index in [2.05, 4.69) is 10.2 Å². The number of ether oxygens (including phenoxy) is 1. The van der Waals surface area contributed by atoms with Crippen LogP contribution in [0.2, 0.25) is 0 Å². The van der Waals surface area contributed by atoms with Crippen LogP contribution in [-0.2, 0) is 4.79 Å². The quantitative estimate of drug-likeness (QED) is 0.680. The minimum Gasteiger partial charge on any atom is -0.497 e. The summed E-state index contributed by atoms with van der Waals surface area (Å²) in [6, 6.07) is 13.4. The van der Waals surface area contributed by atoms with Gasteiger partial charge in [-0.3, -0.25) is 9.20 Å². The number of likely N-dealkylation sites (tertiary alicyclic amines) is 1. The monoisotopic (exact) mass is 348 g/mol. The molecule has 1 fully saturated rings. The Morgan fingerprint density at radius 3 is 3.04 bits per heavy atom. The number of aromatic nitrogens is 3. The topological polar surface area (TPSA) is 59.7 Å². The fraction of sp³-hybridized carbons (Fsp3) is 0.250. The number of carbonyl (C=O) groups is 1. The summed E-state index contributed by atoms with van der Waals surface area (Å²) >= 11 is 0. The van der Waals surface area contributed by atoms with Crippen molar-refractivity contribution in [3.05, 3.63) is 66.1 Å². The number of carbonyl (C=O) groups excluding carboxylic acids is 1. The van der Waals surface area contributed by atoms with Crippen molar-refractivity contribution in [1.29, 1.82) is 0 Å². The third kappa shape index (κ3) is 3.06. The van der Waals surface area contributed by atoms with Crippen LogP contribution in [0.4, 0.5) is 0 Å². The Kier molecular flexibility index (Phi) is 4.39. The van der Waals surface area contributed by atoms with Crippen molar-refractivity contribution in [1.82, 2.24) is 19.5 Å². The zero-order valence-electron chi connectivity index (χ0n) is 14.6. The molecule has 0 saturated carbocycles. The van der Waals surface area contributed by atoms with Gasteiger partial charge < -0.3 is 9.64 Å². The number of hydrogen-bond donors (Lipinski definition) is 0. The Bertz CT molecular complexity index is 963. The fourth-order valence-electron chi connectivity index (χ4n) is 3.39. The summed E-state index contributed by atoms with van der Waals surface area (Å²) in [5.74, 6) is 1.58. The molecule has 0 aliphatic carbocycles. The van der Waals surface area contributed by atoms with Crippen molar-refractivity contribution < 1.29 is 9.53 Å². The molecular weight excluding hydrogens is 328 g/mol. The summed E-state index contributed by atoms with van der Waals surface area (Å²) in [7, 11) is 1.63. The molecule has 1 aromatic carbocycles. The van der Waals surface area contributed by atoms with Crippen LogP contribution in [0, 0.1) is 0 Å². The van der Waals surface area contributed by atoms with Crippen molar-refractivity contribution >= 4 is 17.6 Å². The van der Waals surface area contributed by atoms with E-state index in [0.29, 0.717) is 0 Å². The van der Waals surface area contributed by atoms with Crippen LogP contribution in [0.25, 0.3) is 11.7 Å².